The average Bonchev–Trinajstić information content (AvgIpc) is 3.27. The number of carbonyl (C=O) groups excluding carboxylic acids is 1. The molecule has 9 heteroatoms. The molecule has 0 spiro atoms. The first-order valence-electron chi connectivity index (χ1n) is 11.2. The number of rotatable bonds is 6. The lowest BCUT2D eigenvalue weighted by Gasteiger charge is -2.09. The van der Waals surface area contributed by atoms with Gasteiger partial charge in [-0.3, -0.25) is 9.78 Å². The van der Waals surface area contributed by atoms with Gasteiger partial charge in [0.25, 0.3) is 0 Å². The minimum Gasteiger partial charge on any atom is -0.326 e. The van der Waals surface area contributed by atoms with Crippen molar-refractivity contribution in [2.75, 3.05) is 11.6 Å². The number of sulfone groups is 1. The Hall–Kier alpha value is -4.37. The van der Waals surface area contributed by atoms with Crippen LogP contribution in [0, 0.1) is 6.92 Å². The second-order valence-electron chi connectivity index (χ2n) is 8.47. The molecule has 0 saturated heterocycles. The molecule has 5 rings (SSSR count). The van der Waals surface area contributed by atoms with Crippen LogP contribution in [0.25, 0.3) is 28.0 Å². The number of pyridine rings is 2. The minimum atomic E-state index is -3.31. The Morgan fingerprint density at radius 2 is 1.75 bits per heavy atom. The molecule has 1 amide bonds. The molecule has 0 aliphatic rings. The first-order valence-corrected chi connectivity index (χ1v) is 13.1. The molecule has 0 bridgehead atoms. The van der Waals surface area contributed by atoms with Crippen LogP contribution in [0.5, 0.6) is 0 Å². The molecule has 2 aromatic carbocycles. The summed E-state index contributed by atoms with van der Waals surface area (Å²) in [6.45, 7) is 1.91. The monoisotopic (exact) mass is 497 g/mol. The van der Waals surface area contributed by atoms with Crippen molar-refractivity contribution in [2.45, 2.75) is 18.2 Å². The molecule has 1 N–H and O–H groups in total. The second-order valence-corrected chi connectivity index (χ2v) is 10.5. The van der Waals surface area contributed by atoms with Crippen LogP contribution >= 0.6 is 0 Å². The molecule has 5 aromatic rings. The van der Waals surface area contributed by atoms with E-state index in [0.717, 1.165) is 34.1 Å². The summed E-state index contributed by atoms with van der Waals surface area (Å²) in [6.07, 6.45) is 2.93. The molecule has 180 valence electrons. The highest BCUT2D eigenvalue weighted by atomic mass is 32.2. The Balaban J connectivity index is 1.49. The maximum absolute atomic E-state index is 12.8. The third-order valence-electron chi connectivity index (χ3n) is 5.68. The average molecular weight is 498 g/mol. The zero-order valence-corrected chi connectivity index (χ0v) is 20.5. The quantitative estimate of drug-likeness (QED) is 0.373. The Labute approximate surface area is 208 Å². The Bertz CT molecular complexity index is 1690. The zero-order chi connectivity index (χ0) is 25.3. The van der Waals surface area contributed by atoms with Gasteiger partial charge in [0.15, 0.2) is 15.7 Å². The van der Waals surface area contributed by atoms with Crippen molar-refractivity contribution in [3.8, 4) is 17.1 Å². The normalized spacial score (nSPS) is 11.5. The van der Waals surface area contributed by atoms with Gasteiger partial charge in [0.1, 0.15) is 0 Å². The number of fused-ring (bicyclic) bond motifs is 1. The van der Waals surface area contributed by atoms with Gasteiger partial charge in [0.05, 0.1) is 28.2 Å². The Morgan fingerprint density at radius 1 is 0.972 bits per heavy atom. The fraction of sp³-hybridized carbons (Fsp3) is 0.111. The third kappa shape index (κ3) is 4.87. The molecule has 0 aliphatic heterocycles. The molecule has 0 saturated carbocycles. The van der Waals surface area contributed by atoms with Gasteiger partial charge in [-0.2, -0.15) is 5.10 Å². The van der Waals surface area contributed by atoms with Crippen LogP contribution in [-0.4, -0.2) is 40.3 Å². The van der Waals surface area contributed by atoms with Gasteiger partial charge >= 0.3 is 0 Å². The third-order valence-corrected chi connectivity index (χ3v) is 6.81. The summed E-state index contributed by atoms with van der Waals surface area (Å²) in [5.74, 6) is 0.379. The van der Waals surface area contributed by atoms with Crippen LogP contribution in [0.4, 0.5) is 5.69 Å². The van der Waals surface area contributed by atoms with E-state index in [9.17, 15) is 13.2 Å². The van der Waals surface area contributed by atoms with Crippen LogP contribution in [0.1, 0.15) is 11.4 Å². The number of hydrogen-bond acceptors (Lipinski definition) is 6. The van der Waals surface area contributed by atoms with Gasteiger partial charge in [0, 0.05) is 34.8 Å². The molecule has 0 unspecified atom stereocenters. The van der Waals surface area contributed by atoms with E-state index in [-0.39, 0.29) is 17.2 Å². The molecule has 36 heavy (non-hydrogen) atoms. The van der Waals surface area contributed by atoms with Gasteiger partial charge in [-0.1, -0.05) is 24.3 Å². The molecule has 0 atom stereocenters. The standard InChI is InChI=1S/C27H23N5O3S/c1-18-6-5-9-26(29-18)32-25(23-14-15-28-24-8-4-3-7-22(23)24)16-20(31-32)17-27(33)30-19-10-12-21(13-11-19)36(2,34)35/h3-16H,17H2,1-2H3,(H,30,33). The highest BCUT2D eigenvalue weighted by molar-refractivity contribution is 7.90. The van der Waals surface area contributed by atoms with Crippen molar-refractivity contribution in [1.29, 1.82) is 0 Å². The number of anilines is 1. The highest BCUT2D eigenvalue weighted by Gasteiger charge is 2.17. The largest absolute Gasteiger partial charge is 0.326 e. The lowest BCUT2D eigenvalue weighted by molar-refractivity contribution is -0.115. The number of para-hydroxylation sites is 1. The molecule has 0 fully saturated rings. The molecule has 8 nitrogen and oxygen atoms in total. The Kier molecular flexibility index (Phi) is 6.07. The van der Waals surface area contributed by atoms with Crippen LogP contribution in [0.15, 0.2) is 90.0 Å². The summed E-state index contributed by atoms with van der Waals surface area (Å²) >= 11 is 0. The number of aromatic nitrogens is 4. The SMILES string of the molecule is Cc1cccc(-n2nc(CC(=O)Nc3ccc(S(C)(=O)=O)cc3)cc2-c2ccnc3ccccc23)n1. The van der Waals surface area contributed by atoms with Crippen molar-refractivity contribution in [3.63, 3.8) is 0 Å². The van der Waals surface area contributed by atoms with Crippen molar-refractivity contribution in [1.82, 2.24) is 19.7 Å². The lowest BCUT2D eigenvalue weighted by Crippen LogP contribution is -2.15. The number of amides is 1. The molecule has 3 heterocycles. The van der Waals surface area contributed by atoms with Gasteiger partial charge in [-0.25, -0.2) is 18.1 Å². The molecule has 3 aromatic heterocycles. The smallest absolute Gasteiger partial charge is 0.230 e. The fourth-order valence-electron chi connectivity index (χ4n) is 4.00. The fourth-order valence-corrected chi connectivity index (χ4v) is 4.63. The van der Waals surface area contributed by atoms with E-state index >= 15 is 0 Å². The van der Waals surface area contributed by atoms with E-state index in [2.05, 4.69) is 15.3 Å². The van der Waals surface area contributed by atoms with Gasteiger partial charge in [-0.15, -0.1) is 0 Å². The predicted molar refractivity (Wildman–Crippen MR) is 139 cm³/mol. The summed E-state index contributed by atoms with van der Waals surface area (Å²) < 4.78 is 25.1. The summed E-state index contributed by atoms with van der Waals surface area (Å²) in [6, 6.07) is 23.5. The highest BCUT2D eigenvalue weighted by Crippen LogP contribution is 2.30. The lowest BCUT2D eigenvalue weighted by atomic mass is 10.1. The molecular weight excluding hydrogens is 474 g/mol. The first kappa shape index (κ1) is 23.4. The molecule has 0 radical (unpaired) electrons. The number of carbonyl (C=O) groups is 1. The number of aryl methyl sites for hydroxylation is 1. The van der Waals surface area contributed by atoms with Gasteiger partial charge in [0.2, 0.25) is 5.91 Å². The van der Waals surface area contributed by atoms with Crippen molar-refractivity contribution >= 4 is 32.3 Å². The van der Waals surface area contributed by atoms with Crippen molar-refractivity contribution in [2.24, 2.45) is 0 Å². The second kappa shape index (κ2) is 9.35. The zero-order valence-electron chi connectivity index (χ0n) is 19.7. The van der Waals surface area contributed by atoms with E-state index in [1.165, 1.54) is 12.1 Å². The summed E-state index contributed by atoms with van der Waals surface area (Å²) in [4.78, 5) is 22.1. The number of benzene rings is 2. The van der Waals surface area contributed by atoms with Crippen molar-refractivity contribution < 1.29 is 13.2 Å². The number of hydrogen-bond donors (Lipinski definition) is 1. The van der Waals surface area contributed by atoms with E-state index in [0.29, 0.717) is 17.2 Å². The number of nitrogens with one attached hydrogen (secondary N) is 1. The topological polar surface area (TPSA) is 107 Å². The minimum absolute atomic E-state index is 0.0304. The van der Waals surface area contributed by atoms with Crippen LogP contribution in [0.2, 0.25) is 0 Å². The van der Waals surface area contributed by atoms with E-state index < -0.39 is 9.84 Å². The van der Waals surface area contributed by atoms with Gasteiger partial charge in [-0.05, 0) is 61.5 Å². The number of nitrogens with zero attached hydrogens (tertiary/aromatic N) is 4. The molecule has 0 aliphatic carbocycles. The van der Waals surface area contributed by atoms with E-state index in [1.54, 1.807) is 23.0 Å². The maximum Gasteiger partial charge on any atom is 0.230 e. The summed E-state index contributed by atoms with van der Waals surface area (Å²) in [5.41, 5.74) is 4.51. The first-order chi connectivity index (χ1) is 17.3. The van der Waals surface area contributed by atoms with Crippen molar-refractivity contribution in [3.05, 3.63) is 96.4 Å². The molecular formula is C27H23N5O3S. The maximum atomic E-state index is 12.8. The van der Waals surface area contributed by atoms with E-state index in [1.807, 2.05) is 61.5 Å². The predicted octanol–water partition coefficient (Wildman–Crippen LogP) is 4.38. The van der Waals surface area contributed by atoms with Crippen LogP contribution < -0.4 is 5.32 Å². The van der Waals surface area contributed by atoms with Crippen LogP contribution in [0.3, 0.4) is 0 Å². The summed E-state index contributed by atoms with van der Waals surface area (Å²) in [5, 5.41) is 8.50. The van der Waals surface area contributed by atoms with Gasteiger partial charge < -0.3 is 5.32 Å². The Morgan fingerprint density at radius 3 is 2.50 bits per heavy atom. The summed E-state index contributed by atoms with van der Waals surface area (Å²) in [7, 11) is -3.31. The van der Waals surface area contributed by atoms with Crippen LogP contribution in [-0.2, 0) is 21.1 Å². The van der Waals surface area contributed by atoms with E-state index in [4.69, 9.17) is 5.10 Å².